The van der Waals surface area contributed by atoms with Gasteiger partial charge in [0.05, 0.1) is 27.3 Å². The van der Waals surface area contributed by atoms with Gasteiger partial charge in [-0.25, -0.2) is 4.98 Å². The number of benzene rings is 1. The first kappa shape index (κ1) is 22.0. The summed E-state index contributed by atoms with van der Waals surface area (Å²) in [6, 6.07) is 6.86. The Morgan fingerprint density at radius 1 is 1.17 bits per heavy atom. The number of amides is 1. The third-order valence-corrected chi connectivity index (χ3v) is 5.39. The molecule has 0 bridgehead atoms. The van der Waals surface area contributed by atoms with Crippen LogP contribution in [-0.4, -0.2) is 42.8 Å². The fourth-order valence-electron chi connectivity index (χ4n) is 3.08. The molecule has 2 atom stereocenters. The smallest absolute Gasteiger partial charge is 0.258 e. The summed E-state index contributed by atoms with van der Waals surface area (Å²) < 4.78 is 11.2. The second-order valence-corrected chi connectivity index (χ2v) is 8.17. The van der Waals surface area contributed by atoms with E-state index in [1.54, 1.807) is 6.20 Å². The Hall–Kier alpha value is -1.73. The van der Waals surface area contributed by atoms with Crippen molar-refractivity contribution in [2.45, 2.75) is 32.6 Å². The number of morpholine rings is 1. The molecular weight excluding hydrogens is 437 g/mol. The molecule has 1 saturated heterocycles. The highest BCUT2D eigenvalue weighted by Crippen LogP contribution is 2.33. The van der Waals surface area contributed by atoms with E-state index < -0.39 is 0 Å². The predicted molar refractivity (Wildman–Crippen MR) is 115 cm³/mol. The van der Waals surface area contributed by atoms with Crippen LogP contribution in [0.15, 0.2) is 30.5 Å². The van der Waals surface area contributed by atoms with E-state index in [1.165, 1.54) is 12.1 Å². The van der Waals surface area contributed by atoms with Crippen molar-refractivity contribution in [1.29, 1.82) is 0 Å². The van der Waals surface area contributed by atoms with Gasteiger partial charge in [0.15, 0.2) is 6.61 Å². The molecule has 1 amide bonds. The lowest BCUT2D eigenvalue weighted by atomic mass is 10.2. The minimum atomic E-state index is -0.285. The summed E-state index contributed by atoms with van der Waals surface area (Å²) in [6.45, 7) is 5.89. The average molecular weight is 459 g/mol. The predicted octanol–water partition coefficient (Wildman–Crippen LogP) is 4.35. The number of carbonyl (C=O) groups is 1. The fraction of sp³-hybridized carbons (Fsp3) is 0.400. The van der Waals surface area contributed by atoms with E-state index >= 15 is 0 Å². The molecule has 1 aliphatic heterocycles. The molecule has 1 N–H and O–H groups in total. The number of halogens is 3. The Morgan fingerprint density at radius 3 is 2.52 bits per heavy atom. The summed E-state index contributed by atoms with van der Waals surface area (Å²) >= 11 is 17.8. The molecule has 2 unspecified atom stereocenters. The summed E-state index contributed by atoms with van der Waals surface area (Å²) in [5.74, 6) is 0.919. The molecule has 1 aromatic carbocycles. The first-order valence-electron chi connectivity index (χ1n) is 9.21. The number of aromatic nitrogens is 1. The summed E-state index contributed by atoms with van der Waals surface area (Å²) in [7, 11) is 0. The molecule has 1 aliphatic rings. The molecule has 3 rings (SSSR count). The number of nitrogens with zero attached hydrogens (tertiary/aromatic N) is 2. The van der Waals surface area contributed by atoms with Crippen molar-refractivity contribution in [3.63, 3.8) is 0 Å². The van der Waals surface area contributed by atoms with Crippen molar-refractivity contribution in [3.8, 4) is 5.75 Å². The van der Waals surface area contributed by atoms with Crippen LogP contribution in [0.2, 0.25) is 15.1 Å². The minimum Gasteiger partial charge on any atom is -0.482 e. The lowest BCUT2D eigenvalue weighted by molar-refractivity contribution is -0.123. The highest BCUT2D eigenvalue weighted by atomic mass is 35.5. The second-order valence-electron chi connectivity index (χ2n) is 6.95. The molecule has 29 heavy (non-hydrogen) atoms. The normalized spacial score (nSPS) is 19.1. The van der Waals surface area contributed by atoms with Crippen molar-refractivity contribution in [2.75, 3.05) is 24.6 Å². The lowest BCUT2D eigenvalue weighted by Crippen LogP contribution is -2.45. The van der Waals surface area contributed by atoms with Gasteiger partial charge in [-0.1, -0.05) is 40.9 Å². The zero-order valence-electron chi connectivity index (χ0n) is 16.1. The highest BCUT2D eigenvalue weighted by Gasteiger charge is 2.23. The maximum atomic E-state index is 12.1. The quantitative estimate of drug-likeness (QED) is 0.652. The molecule has 1 aromatic heterocycles. The Bertz CT molecular complexity index is 854. The van der Waals surface area contributed by atoms with Crippen LogP contribution in [0.4, 0.5) is 5.82 Å². The van der Waals surface area contributed by atoms with Crippen molar-refractivity contribution in [1.82, 2.24) is 10.3 Å². The molecule has 2 heterocycles. The van der Waals surface area contributed by atoms with Crippen LogP contribution in [0.5, 0.6) is 5.75 Å². The number of nitrogens with one attached hydrogen (secondary N) is 1. The number of rotatable bonds is 6. The molecule has 0 saturated carbocycles. The molecule has 156 valence electrons. The van der Waals surface area contributed by atoms with Crippen molar-refractivity contribution in [2.24, 2.45) is 0 Å². The second kappa shape index (κ2) is 9.85. The van der Waals surface area contributed by atoms with Crippen LogP contribution in [0, 0.1) is 0 Å². The molecule has 1 fully saturated rings. The van der Waals surface area contributed by atoms with Crippen molar-refractivity contribution in [3.05, 3.63) is 51.1 Å². The average Bonchev–Trinajstić information content (AvgIpc) is 2.68. The number of pyridine rings is 1. The fourth-order valence-corrected chi connectivity index (χ4v) is 3.67. The van der Waals surface area contributed by atoms with Crippen LogP contribution >= 0.6 is 34.8 Å². The molecular formula is C20H22Cl3N3O3. The summed E-state index contributed by atoms with van der Waals surface area (Å²) in [4.78, 5) is 18.8. The van der Waals surface area contributed by atoms with Crippen LogP contribution in [0.3, 0.4) is 0 Å². The first-order valence-corrected chi connectivity index (χ1v) is 10.3. The van der Waals surface area contributed by atoms with Crippen LogP contribution in [-0.2, 0) is 16.1 Å². The maximum Gasteiger partial charge on any atom is 0.258 e. The monoisotopic (exact) mass is 457 g/mol. The van der Waals surface area contributed by atoms with E-state index in [2.05, 4.69) is 29.0 Å². The van der Waals surface area contributed by atoms with E-state index in [1.807, 2.05) is 12.1 Å². The number of anilines is 1. The number of hydrogen-bond acceptors (Lipinski definition) is 5. The van der Waals surface area contributed by atoms with Crippen molar-refractivity contribution < 1.29 is 14.3 Å². The van der Waals surface area contributed by atoms with Gasteiger partial charge in [0, 0.05) is 31.9 Å². The Balaban J connectivity index is 1.48. The zero-order chi connectivity index (χ0) is 21.0. The van der Waals surface area contributed by atoms with Gasteiger partial charge in [0.1, 0.15) is 11.6 Å². The van der Waals surface area contributed by atoms with Gasteiger partial charge in [-0.15, -0.1) is 0 Å². The third kappa shape index (κ3) is 6.12. The molecule has 0 spiro atoms. The molecule has 6 nitrogen and oxygen atoms in total. The van der Waals surface area contributed by atoms with Gasteiger partial charge in [-0.3, -0.25) is 4.79 Å². The van der Waals surface area contributed by atoms with E-state index in [4.69, 9.17) is 44.3 Å². The number of hydrogen-bond donors (Lipinski definition) is 1. The maximum absolute atomic E-state index is 12.1. The number of carbonyl (C=O) groups excluding carboxylic acids is 1. The third-order valence-electron chi connectivity index (χ3n) is 4.38. The van der Waals surface area contributed by atoms with Crippen LogP contribution < -0.4 is 15.0 Å². The van der Waals surface area contributed by atoms with Gasteiger partial charge >= 0.3 is 0 Å². The largest absolute Gasteiger partial charge is 0.482 e. The van der Waals surface area contributed by atoms with E-state index in [9.17, 15) is 4.79 Å². The molecule has 0 aliphatic carbocycles. The van der Waals surface area contributed by atoms with Gasteiger partial charge in [-0.2, -0.15) is 0 Å². The zero-order valence-corrected chi connectivity index (χ0v) is 18.4. The van der Waals surface area contributed by atoms with E-state index in [-0.39, 0.29) is 24.7 Å². The van der Waals surface area contributed by atoms with Crippen LogP contribution in [0.1, 0.15) is 19.4 Å². The Kier molecular flexibility index (Phi) is 7.46. The van der Waals surface area contributed by atoms with E-state index in [0.717, 1.165) is 24.5 Å². The van der Waals surface area contributed by atoms with Gasteiger partial charge in [0.25, 0.3) is 5.91 Å². The van der Waals surface area contributed by atoms with Gasteiger partial charge in [0.2, 0.25) is 0 Å². The highest BCUT2D eigenvalue weighted by molar-refractivity contribution is 6.43. The summed E-state index contributed by atoms with van der Waals surface area (Å²) in [5, 5.41) is 3.71. The number of ether oxygens (including phenoxy) is 2. The summed E-state index contributed by atoms with van der Waals surface area (Å²) in [6.07, 6.45) is 2.10. The van der Waals surface area contributed by atoms with Crippen molar-refractivity contribution >= 4 is 46.5 Å². The molecule has 0 radical (unpaired) electrons. The molecule has 2 aromatic rings. The molecule has 9 heteroatoms. The summed E-state index contributed by atoms with van der Waals surface area (Å²) in [5.41, 5.74) is 0.893. The van der Waals surface area contributed by atoms with Gasteiger partial charge in [-0.05, 0) is 31.5 Å². The Labute approximate surface area is 185 Å². The Morgan fingerprint density at radius 2 is 1.86 bits per heavy atom. The first-order chi connectivity index (χ1) is 13.8. The van der Waals surface area contributed by atoms with E-state index in [0.29, 0.717) is 27.4 Å². The topological polar surface area (TPSA) is 63.7 Å². The minimum absolute atomic E-state index is 0.170. The standard InChI is InChI=1S/C20H22Cl3N3O3/c1-12-9-26(10-13(2)29-12)19-4-3-14(7-24-19)8-25-20(27)11-28-18-6-16(22)15(21)5-17(18)23/h3-7,12-13H,8-11H2,1-2H3,(H,25,27). The van der Waals surface area contributed by atoms with Gasteiger partial charge < -0.3 is 19.7 Å². The van der Waals surface area contributed by atoms with Crippen LogP contribution in [0.25, 0.3) is 0 Å². The lowest BCUT2D eigenvalue weighted by Gasteiger charge is -2.36. The SMILES string of the molecule is CC1CN(c2ccc(CNC(=O)COc3cc(Cl)c(Cl)cc3Cl)cn2)CC(C)O1.